The number of anilines is 2. The van der Waals surface area contributed by atoms with Crippen molar-refractivity contribution in [2.45, 2.75) is 37.6 Å². The van der Waals surface area contributed by atoms with Crippen LogP contribution in [0.15, 0.2) is 42.7 Å². The van der Waals surface area contributed by atoms with E-state index in [9.17, 15) is 22.4 Å². The Morgan fingerprint density at radius 3 is 2.51 bits per heavy atom. The summed E-state index contributed by atoms with van der Waals surface area (Å²) in [7, 11) is 0. The number of hydrogen-bond acceptors (Lipinski definition) is 7. The average molecular weight is 615 g/mol. The number of fused-ring (bicyclic) bond motifs is 1. The van der Waals surface area contributed by atoms with Gasteiger partial charge in [0.05, 0.1) is 34.5 Å². The normalized spacial score (nSPS) is 18.3. The van der Waals surface area contributed by atoms with Crippen LogP contribution in [0.3, 0.4) is 0 Å². The van der Waals surface area contributed by atoms with E-state index in [4.69, 9.17) is 37.4 Å². The highest BCUT2D eigenvalue weighted by molar-refractivity contribution is 6.42. The van der Waals surface area contributed by atoms with Crippen LogP contribution in [0.5, 0.6) is 11.5 Å². The van der Waals surface area contributed by atoms with Crippen LogP contribution in [-0.2, 0) is 9.53 Å². The molecule has 1 amide bonds. The fourth-order valence-corrected chi connectivity index (χ4v) is 4.84. The fraction of sp³-hybridized carbons (Fsp3) is 0.370. The predicted molar refractivity (Wildman–Crippen MR) is 145 cm³/mol. The van der Waals surface area contributed by atoms with Gasteiger partial charge < -0.3 is 24.4 Å². The Hall–Kier alpha value is -3.35. The molecule has 0 bridgehead atoms. The van der Waals surface area contributed by atoms with Crippen molar-refractivity contribution >= 4 is 51.5 Å². The van der Waals surface area contributed by atoms with Gasteiger partial charge in [-0.2, -0.15) is 13.2 Å². The Kier molecular flexibility index (Phi) is 8.71. The molecule has 1 N–H and O–H groups in total. The summed E-state index contributed by atoms with van der Waals surface area (Å²) in [6, 6.07) is 6.27. The minimum absolute atomic E-state index is 0.0573. The predicted octanol–water partition coefficient (Wildman–Crippen LogP) is 6.48. The van der Waals surface area contributed by atoms with Gasteiger partial charge >= 0.3 is 6.18 Å². The van der Waals surface area contributed by atoms with Crippen LogP contribution >= 0.6 is 23.2 Å². The highest BCUT2D eigenvalue weighted by Crippen LogP contribution is 2.38. The fourth-order valence-electron chi connectivity index (χ4n) is 4.53. The van der Waals surface area contributed by atoms with Crippen molar-refractivity contribution in [2.24, 2.45) is 0 Å². The summed E-state index contributed by atoms with van der Waals surface area (Å²) in [5.41, 5.74) is 0.558. The van der Waals surface area contributed by atoms with E-state index in [1.165, 1.54) is 23.4 Å². The standard InChI is InChI=1S/C27H24Cl2F4N4O4/c28-18-1-2-19(25(30)24(18)29)36-26-17-11-21(22(12-20(17)34-14-35-26)41-16-6-10-39-13-16)40-15-4-8-37(9-5-15)23(38)3-7-27(31,32)33/h1-3,7,11-12,14-16H,4-6,8-10,13H2,(H,34,35,36)/b7-3+/t16-/m0/s1. The maximum atomic E-state index is 14.8. The number of ether oxygens (including phenoxy) is 3. The molecule has 5 rings (SSSR count). The average Bonchev–Trinajstić information content (AvgIpc) is 3.46. The minimum Gasteiger partial charge on any atom is -0.486 e. The lowest BCUT2D eigenvalue weighted by Gasteiger charge is -2.32. The van der Waals surface area contributed by atoms with Crippen LogP contribution in [0.4, 0.5) is 29.1 Å². The largest absolute Gasteiger partial charge is 0.486 e. The molecule has 3 heterocycles. The number of allylic oxidation sites excluding steroid dienone is 1. The van der Waals surface area contributed by atoms with Gasteiger partial charge in [0.25, 0.3) is 0 Å². The molecule has 2 aliphatic rings. The first-order valence-electron chi connectivity index (χ1n) is 12.7. The summed E-state index contributed by atoms with van der Waals surface area (Å²) in [6.07, 6.45) is -1.85. The van der Waals surface area contributed by atoms with Gasteiger partial charge in [-0.25, -0.2) is 14.4 Å². The molecule has 1 atom stereocenters. The van der Waals surface area contributed by atoms with Crippen molar-refractivity contribution in [3.8, 4) is 11.5 Å². The third-order valence-corrected chi connectivity index (χ3v) is 7.41. The molecular weight excluding hydrogens is 591 g/mol. The van der Waals surface area contributed by atoms with Crippen LogP contribution in [0.25, 0.3) is 10.9 Å². The maximum absolute atomic E-state index is 14.8. The number of benzene rings is 2. The first-order valence-corrected chi connectivity index (χ1v) is 13.5. The molecule has 3 aromatic rings. The number of hydrogen-bond donors (Lipinski definition) is 1. The lowest BCUT2D eigenvalue weighted by atomic mass is 10.1. The highest BCUT2D eigenvalue weighted by atomic mass is 35.5. The SMILES string of the molecule is O=C(/C=C/C(F)(F)F)N1CCC(Oc2cc3c(Nc4ccc(Cl)c(Cl)c4F)ncnc3cc2O[C@H]2CCOC2)CC1. The van der Waals surface area contributed by atoms with Crippen LogP contribution in [0.2, 0.25) is 10.0 Å². The number of carbonyl (C=O) groups excluding carboxylic acids is 1. The lowest BCUT2D eigenvalue weighted by Crippen LogP contribution is -2.41. The van der Waals surface area contributed by atoms with Gasteiger partial charge in [0.1, 0.15) is 24.4 Å². The van der Waals surface area contributed by atoms with Gasteiger partial charge in [0, 0.05) is 56.0 Å². The number of amides is 1. The molecule has 2 aromatic carbocycles. The van der Waals surface area contributed by atoms with Gasteiger partial charge in [-0.3, -0.25) is 4.79 Å². The Labute approximate surface area is 242 Å². The Morgan fingerprint density at radius 2 is 1.80 bits per heavy atom. The van der Waals surface area contributed by atoms with Crippen molar-refractivity contribution < 1.29 is 36.6 Å². The van der Waals surface area contributed by atoms with Crippen LogP contribution in [0, 0.1) is 5.82 Å². The summed E-state index contributed by atoms with van der Waals surface area (Å²) >= 11 is 11.9. The molecule has 1 aromatic heterocycles. The van der Waals surface area contributed by atoms with Crippen LogP contribution in [0.1, 0.15) is 19.3 Å². The van der Waals surface area contributed by atoms with Crippen molar-refractivity contribution in [1.29, 1.82) is 0 Å². The first-order chi connectivity index (χ1) is 19.6. The molecule has 2 fully saturated rings. The van der Waals surface area contributed by atoms with Crippen LogP contribution < -0.4 is 14.8 Å². The first kappa shape index (κ1) is 29.2. The number of aromatic nitrogens is 2. The van der Waals surface area contributed by atoms with Crippen LogP contribution in [-0.4, -0.2) is 65.5 Å². The zero-order valence-corrected chi connectivity index (χ0v) is 22.9. The van der Waals surface area contributed by atoms with E-state index in [1.54, 1.807) is 12.1 Å². The number of halogens is 6. The molecule has 0 saturated carbocycles. The monoisotopic (exact) mass is 614 g/mol. The van der Waals surface area contributed by atoms with Gasteiger partial charge in [-0.15, -0.1) is 0 Å². The minimum atomic E-state index is -4.56. The molecular formula is C27H24Cl2F4N4O4. The van der Waals surface area contributed by atoms with E-state index in [0.717, 1.165) is 0 Å². The molecule has 2 aliphatic heterocycles. The summed E-state index contributed by atoms with van der Waals surface area (Å²) in [4.78, 5) is 22.1. The summed E-state index contributed by atoms with van der Waals surface area (Å²) in [6.45, 7) is 1.42. The molecule has 8 nitrogen and oxygen atoms in total. The Morgan fingerprint density at radius 1 is 1.07 bits per heavy atom. The Balaban J connectivity index is 1.39. The zero-order valence-electron chi connectivity index (χ0n) is 21.4. The van der Waals surface area contributed by atoms with Gasteiger partial charge in [0.2, 0.25) is 5.91 Å². The van der Waals surface area contributed by atoms with E-state index in [1.807, 2.05) is 0 Å². The molecule has 0 radical (unpaired) electrons. The third-order valence-electron chi connectivity index (χ3n) is 6.63. The molecule has 218 valence electrons. The van der Waals surface area contributed by atoms with Gasteiger partial charge in [-0.1, -0.05) is 23.2 Å². The summed E-state index contributed by atoms with van der Waals surface area (Å²) in [5.74, 6) is -0.373. The van der Waals surface area contributed by atoms with Gasteiger partial charge in [-0.05, 0) is 18.2 Å². The smallest absolute Gasteiger partial charge is 0.409 e. The number of carbonyl (C=O) groups is 1. The van der Waals surface area contributed by atoms with Gasteiger partial charge in [0.15, 0.2) is 17.3 Å². The quantitative estimate of drug-likeness (QED) is 0.185. The second-order valence-electron chi connectivity index (χ2n) is 9.51. The number of nitrogens with one attached hydrogen (secondary N) is 1. The summed E-state index contributed by atoms with van der Waals surface area (Å²) in [5, 5.41) is 3.28. The van der Waals surface area contributed by atoms with E-state index in [0.29, 0.717) is 61.0 Å². The molecule has 0 unspecified atom stereocenters. The molecule has 14 heteroatoms. The zero-order chi connectivity index (χ0) is 29.1. The topological polar surface area (TPSA) is 85.8 Å². The molecule has 0 aliphatic carbocycles. The second kappa shape index (κ2) is 12.3. The van der Waals surface area contributed by atoms with Crippen molar-refractivity contribution in [1.82, 2.24) is 14.9 Å². The molecule has 41 heavy (non-hydrogen) atoms. The van der Waals surface area contributed by atoms with Crippen molar-refractivity contribution in [3.63, 3.8) is 0 Å². The maximum Gasteiger partial charge on any atom is 0.409 e. The van der Waals surface area contributed by atoms with Crippen molar-refractivity contribution in [2.75, 3.05) is 31.6 Å². The second-order valence-corrected chi connectivity index (χ2v) is 10.3. The summed E-state index contributed by atoms with van der Waals surface area (Å²) < 4.78 is 70.0. The molecule has 0 spiro atoms. The molecule has 2 saturated heterocycles. The number of piperidine rings is 1. The third kappa shape index (κ3) is 7.11. The lowest BCUT2D eigenvalue weighted by molar-refractivity contribution is -0.128. The number of likely N-dealkylation sites (tertiary alicyclic amines) is 1. The van der Waals surface area contributed by atoms with E-state index < -0.39 is 17.9 Å². The van der Waals surface area contributed by atoms with Crippen molar-refractivity contribution in [3.05, 3.63) is 58.6 Å². The number of rotatable bonds is 7. The highest BCUT2D eigenvalue weighted by Gasteiger charge is 2.28. The Bertz CT molecular complexity index is 1460. The van der Waals surface area contributed by atoms with E-state index in [-0.39, 0.29) is 52.9 Å². The van der Waals surface area contributed by atoms with E-state index >= 15 is 0 Å². The number of alkyl halides is 3. The number of nitrogens with zero attached hydrogens (tertiary/aromatic N) is 3. The van der Waals surface area contributed by atoms with E-state index in [2.05, 4.69) is 15.3 Å².